The molecular weight excluding hydrogens is 320 g/mol. The van der Waals surface area contributed by atoms with Gasteiger partial charge in [-0.05, 0) is 28.9 Å². The predicted molar refractivity (Wildman–Crippen MR) is 65.5 cm³/mol. The monoisotopic (exact) mass is 330 g/mol. The fraction of sp³-hybridized carbons (Fsp3) is 0.500. The molecule has 7 heteroatoms. The van der Waals surface area contributed by atoms with Crippen molar-refractivity contribution in [1.29, 1.82) is 0 Å². The van der Waals surface area contributed by atoms with Gasteiger partial charge >= 0.3 is 6.18 Å². The highest BCUT2D eigenvalue weighted by Gasteiger charge is 2.35. The average molecular weight is 332 g/mol. The number of rotatable bonds is 3. The van der Waals surface area contributed by atoms with Crippen LogP contribution in [0.1, 0.15) is 12.5 Å². The van der Waals surface area contributed by atoms with Crippen molar-refractivity contribution >= 4 is 33.3 Å². The maximum atomic E-state index is 12.8. The Kier molecular flexibility index (Phi) is 4.66. The molecule has 1 atom stereocenters. The zero-order valence-electron chi connectivity index (χ0n) is 9.22. The molecule has 0 aliphatic heterocycles. The molecule has 0 amide bonds. The van der Waals surface area contributed by atoms with E-state index < -0.39 is 11.7 Å². The Hall–Kier alpha value is -0.490. The topological polar surface area (TPSA) is 16.1 Å². The van der Waals surface area contributed by atoms with Crippen molar-refractivity contribution < 1.29 is 13.2 Å². The molecule has 0 aromatic carbocycles. The molecule has 1 unspecified atom stereocenters. The van der Waals surface area contributed by atoms with Crippen molar-refractivity contribution in [3.8, 4) is 0 Å². The van der Waals surface area contributed by atoms with E-state index in [1.807, 2.05) is 0 Å². The van der Waals surface area contributed by atoms with E-state index >= 15 is 0 Å². The van der Waals surface area contributed by atoms with Crippen molar-refractivity contribution in [2.45, 2.75) is 18.5 Å². The van der Waals surface area contributed by atoms with Crippen molar-refractivity contribution in [2.24, 2.45) is 0 Å². The van der Waals surface area contributed by atoms with E-state index in [1.165, 1.54) is 18.1 Å². The highest BCUT2D eigenvalue weighted by atomic mass is 79.9. The summed E-state index contributed by atoms with van der Waals surface area (Å²) in [5.41, 5.74) is -0.772. The molecule has 0 spiro atoms. The molecule has 0 aliphatic rings. The van der Waals surface area contributed by atoms with Gasteiger partial charge in [0.2, 0.25) is 0 Å². The van der Waals surface area contributed by atoms with Gasteiger partial charge in [0.25, 0.3) is 0 Å². The van der Waals surface area contributed by atoms with Crippen LogP contribution >= 0.6 is 27.5 Å². The number of alkyl halides is 4. The number of halogens is 5. The summed E-state index contributed by atoms with van der Waals surface area (Å²) < 4.78 is 38.7. The Labute approximate surface area is 111 Å². The van der Waals surface area contributed by atoms with Gasteiger partial charge in [-0.1, -0.05) is 0 Å². The van der Waals surface area contributed by atoms with Gasteiger partial charge in [-0.25, -0.2) is 4.98 Å². The van der Waals surface area contributed by atoms with Crippen LogP contribution in [0.25, 0.3) is 0 Å². The van der Waals surface area contributed by atoms with Crippen LogP contribution in [0.4, 0.5) is 19.0 Å². The summed E-state index contributed by atoms with van der Waals surface area (Å²) in [6, 6.07) is 1.01. The van der Waals surface area contributed by atoms with Crippen molar-refractivity contribution in [3.05, 3.63) is 22.3 Å². The summed E-state index contributed by atoms with van der Waals surface area (Å²) in [5.74, 6) is -0.117. The first-order valence-electron chi connectivity index (χ1n) is 4.79. The Morgan fingerprint density at radius 2 is 2.12 bits per heavy atom. The van der Waals surface area contributed by atoms with Crippen molar-refractivity contribution in [3.63, 3.8) is 0 Å². The number of anilines is 1. The van der Waals surface area contributed by atoms with Gasteiger partial charge in [0, 0.05) is 29.6 Å². The Morgan fingerprint density at radius 3 is 2.59 bits per heavy atom. The van der Waals surface area contributed by atoms with Crippen molar-refractivity contribution in [2.75, 3.05) is 18.5 Å². The number of nitrogens with zero attached hydrogens (tertiary/aromatic N) is 2. The van der Waals surface area contributed by atoms with Gasteiger partial charge < -0.3 is 4.90 Å². The Bertz CT molecular complexity index is 396. The molecule has 1 aromatic heterocycles. The van der Waals surface area contributed by atoms with Crippen LogP contribution in [0.3, 0.4) is 0 Å². The molecule has 1 rings (SSSR count). The lowest BCUT2D eigenvalue weighted by atomic mass is 10.2. The van der Waals surface area contributed by atoms with Crippen LogP contribution in [0.5, 0.6) is 0 Å². The maximum Gasteiger partial charge on any atom is 0.419 e. The number of hydrogen-bond donors (Lipinski definition) is 0. The van der Waals surface area contributed by atoms with E-state index in [9.17, 15) is 13.2 Å². The van der Waals surface area contributed by atoms with Crippen LogP contribution < -0.4 is 4.90 Å². The van der Waals surface area contributed by atoms with E-state index in [0.717, 1.165) is 6.07 Å². The van der Waals surface area contributed by atoms with Crippen LogP contribution in [-0.2, 0) is 6.18 Å². The number of pyridine rings is 1. The predicted octanol–water partition coefficient (Wildman–Crippen LogP) is 3.93. The molecule has 0 radical (unpaired) electrons. The smallest absolute Gasteiger partial charge is 0.358 e. The van der Waals surface area contributed by atoms with Gasteiger partial charge in [0.1, 0.15) is 5.82 Å². The van der Waals surface area contributed by atoms with E-state index in [-0.39, 0.29) is 11.2 Å². The largest absolute Gasteiger partial charge is 0.419 e. The summed E-state index contributed by atoms with van der Waals surface area (Å²) in [7, 11) is 1.53. The molecule has 1 aromatic rings. The second-order valence-corrected chi connectivity index (χ2v) is 5.34. The molecule has 17 heavy (non-hydrogen) atoms. The third-order valence-corrected chi connectivity index (χ3v) is 2.60. The summed E-state index contributed by atoms with van der Waals surface area (Å²) in [6.07, 6.45) is -3.10. The fourth-order valence-corrected chi connectivity index (χ4v) is 1.95. The second kappa shape index (κ2) is 5.44. The fourth-order valence-electron chi connectivity index (χ4n) is 1.41. The summed E-state index contributed by atoms with van der Waals surface area (Å²) in [5, 5.41) is -0.258. The maximum absolute atomic E-state index is 12.8. The third kappa shape index (κ3) is 4.03. The molecule has 0 saturated carbocycles. The molecule has 0 bridgehead atoms. The highest BCUT2D eigenvalue weighted by Crippen LogP contribution is 2.36. The van der Waals surface area contributed by atoms with Crippen LogP contribution in [0.15, 0.2) is 16.7 Å². The summed E-state index contributed by atoms with van der Waals surface area (Å²) in [6.45, 7) is 2.00. The summed E-state index contributed by atoms with van der Waals surface area (Å²) >= 11 is 8.74. The Balaban J connectivity index is 3.15. The van der Waals surface area contributed by atoms with Gasteiger partial charge in [0.05, 0.1) is 5.56 Å². The van der Waals surface area contributed by atoms with Gasteiger partial charge in [0.15, 0.2) is 0 Å². The first-order chi connectivity index (χ1) is 7.71. The van der Waals surface area contributed by atoms with E-state index in [1.54, 1.807) is 6.92 Å². The molecule has 1 heterocycles. The van der Waals surface area contributed by atoms with Gasteiger partial charge in [-0.3, -0.25) is 0 Å². The SMILES string of the molecule is CC(Cl)CN(C)c1ncc(Br)cc1C(F)(F)F. The first-order valence-corrected chi connectivity index (χ1v) is 6.02. The molecular formula is C10H11BrClF3N2. The van der Waals surface area contributed by atoms with Gasteiger partial charge in [-0.15, -0.1) is 11.6 Å². The highest BCUT2D eigenvalue weighted by molar-refractivity contribution is 9.10. The lowest BCUT2D eigenvalue weighted by Crippen LogP contribution is -2.27. The third-order valence-electron chi connectivity index (χ3n) is 2.03. The minimum absolute atomic E-state index is 0.117. The van der Waals surface area contributed by atoms with Crippen LogP contribution in [0, 0.1) is 0 Å². The second-order valence-electron chi connectivity index (χ2n) is 3.68. The van der Waals surface area contributed by atoms with E-state index in [4.69, 9.17) is 11.6 Å². The standard InChI is InChI=1S/C10H11BrClF3N2/c1-6(12)5-17(2)9-8(10(13,14)15)3-7(11)4-16-9/h3-4,6H,5H2,1-2H3. The van der Waals surface area contributed by atoms with E-state index in [0.29, 0.717) is 11.0 Å². The number of aromatic nitrogens is 1. The van der Waals surface area contributed by atoms with Crippen molar-refractivity contribution in [1.82, 2.24) is 4.98 Å². The zero-order valence-corrected chi connectivity index (χ0v) is 11.6. The lowest BCUT2D eigenvalue weighted by molar-refractivity contribution is -0.137. The van der Waals surface area contributed by atoms with Crippen LogP contribution in [0.2, 0.25) is 0 Å². The summed E-state index contributed by atoms with van der Waals surface area (Å²) in [4.78, 5) is 5.19. The molecule has 96 valence electrons. The zero-order chi connectivity index (χ0) is 13.2. The molecule has 0 saturated heterocycles. The Morgan fingerprint density at radius 1 is 1.53 bits per heavy atom. The minimum atomic E-state index is -4.43. The minimum Gasteiger partial charge on any atom is -0.358 e. The molecule has 2 nitrogen and oxygen atoms in total. The molecule has 0 fully saturated rings. The molecule has 0 aliphatic carbocycles. The average Bonchev–Trinajstić information content (AvgIpc) is 2.14. The normalized spacial score (nSPS) is 13.6. The quantitative estimate of drug-likeness (QED) is 0.780. The van der Waals surface area contributed by atoms with Crippen LogP contribution in [-0.4, -0.2) is 24.0 Å². The lowest BCUT2D eigenvalue weighted by Gasteiger charge is -2.23. The molecule has 0 N–H and O–H groups in total. The number of hydrogen-bond acceptors (Lipinski definition) is 2. The first kappa shape index (κ1) is 14.6. The van der Waals surface area contributed by atoms with E-state index in [2.05, 4.69) is 20.9 Å². The van der Waals surface area contributed by atoms with Gasteiger partial charge in [-0.2, -0.15) is 13.2 Å².